The summed E-state index contributed by atoms with van der Waals surface area (Å²) >= 11 is 1.77. The lowest BCUT2D eigenvalue weighted by Gasteiger charge is -2.27. The van der Waals surface area contributed by atoms with Crippen LogP contribution in [0.5, 0.6) is 0 Å². The Kier molecular flexibility index (Phi) is 5.95. The van der Waals surface area contributed by atoms with Gasteiger partial charge in [-0.05, 0) is 36.3 Å². The van der Waals surface area contributed by atoms with Crippen LogP contribution < -0.4 is 10.6 Å². The Morgan fingerprint density at radius 3 is 2.93 bits per heavy atom. The molecule has 2 aliphatic heterocycles. The number of amides is 3. The fraction of sp³-hybridized carbons (Fsp3) is 0.550. The zero-order valence-corrected chi connectivity index (χ0v) is 16.9. The van der Waals surface area contributed by atoms with Crippen LogP contribution in [0.25, 0.3) is 0 Å². The average Bonchev–Trinajstić information content (AvgIpc) is 3.33. The van der Waals surface area contributed by atoms with E-state index >= 15 is 0 Å². The Hall–Kier alpha value is -2.35. The number of carbonyl (C=O) groups is 2. The topological polar surface area (TPSA) is 79.3 Å². The summed E-state index contributed by atoms with van der Waals surface area (Å²) in [5, 5.41) is 7.72. The highest BCUT2D eigenvalue weighted by atomic mass is 32.1. The number of hydrogen-bond acceptors (Lipinski definition) is 4. The van der Waals surface area contributed by atoms with Crippen molar-refractivity contribution >= 4 is 23.3 Å². The smallest absolute Gasteiger partial charge is 0.314 e. The Morgan fingerprint density at radius 2 is 2.04 bits per heavy atom. The summed E-state index contributed by atoms with van der Waals surface area (Å²) in [6.45, 7) is 3.42. The molecule has 150 valence electrons. The first-order valence-electron chi connectivity index (χ1n) is 10.1. The number of rotatable bonds is 6. The Bertz CT molecular complexity index is 820. The van der Waals surface area contributed by atoms with Gasteiger partial charge in [-0.15, -0.1) is 11.3 Å². The summed E-state index contributed by atoms with van der Waals surface area (Å²) in [6, 6.07) is 1.87. The summed E-state index contributed by atoms with van der Waals surface area (Å²) in [6.07, 6.45) is 7.57. The van der Waals surface area contributed by atoms with E-state index in [0.29, 0.717) is 26.1 Å². The van der Waals surface area contributed by atoms with Gasteiger partial charge < -0.3 is 20.1 Å². The first-order chi connectivity index (χ1) is 13.7. The van der Waals surface area contributed by atoms with Gasteiger partial charge in [0.25, 0.3) is 0 Å². The van der Waals surface area contributed by atoms with E-state index in [1.165, 1.54) is 23.3 Å². The van der Waals surface area contributed by atoms with Crippen LogP contribution in [0.2, 0.25) is 0 Å². The molecular formula is C20H27N5O2S. The molecule has 8 heteroatoms. The fourth-order valence-corrected chi connectivity index (χ4v) is 4.75. The van der Waals surface area contributed by atoms with Gasteiger partial charge in [-0.2, -0.15) is 0 Å². The minimum absolute atomic E-state index is 0.0979. The second-order valence-electron chi connectivity index (χ2n) is 7.42. The van der Waals surface area contributed by atoms with Gasteiger partial charge in [0, 0.05) is 63.1 Å². The number of carbonyl (C=O) groups excluding carboxylic acids is 2. The Labute approximate surface area is 169 Å². The number of aryl methyl sites for hydroxylation is 2. The van der Waals surface area contributed by atoms with Gasteiger partial charge in [-0.25, -0.2) is 9.78 Å². The van der Waals surface area contributed by atoms with Crippen LogP contribution in [-0.4, -0.2) is 46.0 Å². The molecule has 0 aromatic carbocycles. The first-order valence-corrected chi connectivity index (χ1v) is 11.0. The molecule has 0 atom stereocenters. The van der Waals surface area contributed by atoms with Gasteiger partial charge in [-0.3, -0.25) is 4.79 Å². The van der Waals surface area contributed by atoms with Gasteiger partial charge in [0.15, 0.2) is 0 Å². The van der Waals surface area contributed by atoms with Gasteiger partial charge in [0.1, 0.15) is 5.82 Å². The molecule has 2 aromatic rings. The summed E-state index contributed by atoms with van der Waals surface area (Å²) in [5.41, 5.74) is 2.29. The van der Waals surface area contributed by atoms with E-state index in [4.69, 9.17) is 0 Å². The molecule has 2 N–H and O–H groups in total. The fourth-order valence-electron chi connectivity index (χ4n) is 3.86. The van der Waals surface area contributed by atoms with Gasteiger partial charge in [0.2, 0.25) is 5.91 Å². The molecular weight excluding hydrogens is 374 g/mol. The van der Waals surface area contributed by atoms with Crippen LogP contribution in [0.1, 0.15) is 41.2 Å². The van der Waals surface area contributed by atoms with E-state index < -0.39 is 0 Å². The van der Waals surface area contributed by atoms with Gasteiger partial charge in [-0.1, -0.05) is 0 Å². The molecule has 0 unspecified atom stereocenters. The molecule has 0 aliphatic carbocycles. The van der Waals surface area contributed by atoms with Crippen LogP contribution in [-0.2, 0) is 37.1 Å². The van der Waals surface area contributed by atoms with Crippen molar-refractivity contribution in [3.8, 4) is 0 Å². The zero-order valence-electron chi connectivity index (χ0n) is 16.1. The molecule has 7 nitrogen and oxygen atoms in total. The van der Waals surface area contributed by atoms with Crippen molar-refractivity contribution in [3.05, 3.63) is 39.6 Å². The molecule has 4 heterocycles. The van der Waals surface area contributed by atoms with Gasteiger partial charge >= 0.3 is 6.03 Å². The quantitative estimate of drug-likeness (QED) is 0.778. The van der Waals surface area contributed by atoms with Crippen molar-refractivity contribution in [2.24, 2.45) is 0 Å². The molecule has 0 fully saturated rings. The molecule has 0 saturated carbocycles. The summed E-state index contributed by atoms with van der Waals surface area (Å²) in [4.78, 5) is 32.2. The SMILES string of the molecule is O=C(NCCC(=O)N1CCc2sccc2C1)NCCc1cn2c(n1)CCCC2. The monoisotopic (exact) mass is 401 g/mol. The van der Waals surface area contributed by atoms with Crippen LogP contribution in [0.4, 0.5) is 4.79 Å². The van der Waals surface area contributed by atoms with Gasteiger partial charge in [0.05, 0.1) is 5.69 Å². The molecule has 0 spiro atoms. The van der Waals surface area contributed by atoms with Crippen LogP contribution >= 0.6 is 11.3 Å². The average molecular weight is 402 g/mol. The van der Waals surface area contributed by atoms with E-state index in [1.807, 2.05) is 4.90 Å². The van der Waals surface area contributed by atoms with E-state index in [-0.39, 0.29) is 11.9 Å². The van der Waals surface area contributed by atoms with E-state index in [2.05, 4.69) is 37.8 Å². The minimum atomic E-state index is -0.226. The van der Waals surface area contributed by atoms with Crippen LogP contribution in [0, 0.1) is 0 Å². The van der Waals surface area contributed by atoms with Crippen molar-refractivity contribution in [1.82, 2.24) is 25.1 Å². The predicted molar refractivity (Wildman–Crippen MR) is 108 cm³/mol. The second kappa shape index (κ2) is 8.77. The third-order valence-electron chi connectivity index (χ3n) is 5.41. The highest BCUT2D eigenvalue weighted by molar-refractivity contribution is 7.10. The minimum Gasteiger partial charge on any atom is -0.338 e. The van der Waals surface area contributed by atoms with Crippen molar-refractivity contribution in [1.29, 1.82) is 0 Å². The summed E-state index contributed by atoms with van der Waals surface area (Å²) < 4.78 is 2.23. The number of thiophene rings is 1. The largest absolute Gasteiger partial charge is 0.338 e. The molecule has 2 aromatic heterocycles. The number of aromatic nitrogens is 2. The lowest BCUT2D eigenvalue weighted by Crippen LogP contribution is -2.40. The van der Waals surface area contributed by atoms with E-state index in [1.54, 1.807) is 11.3 Å². The third-order valence-corrected chi connectivity index (χ3v) is 6.43. The number of nitrogens with zero attached hydrogens (tertiary/aromatic N) is 3. The third kappa shape index (κ3) is 4.55. The van der Waals surface area contributed by atoms with Crippen molar-refractivity contribution in [2.45, 2.75) is 51.6 Å². The molecule has 28 heavy (non-hydrogen) atoms. The molecule has 0 saturated heterocycles. The lowest BCUT2D eigenvalue weighted by atomic mass is 10.1. The number of fused-ring (bicyclic) bond motifs is 2. The Morgan fingerprint density at radius 1 is 1.14 bits per heavy atom. The maximum atomic E-state index is 12.4. The molecule has 2 aliphatic rings. The summed E-state index contributed by atoms with van der Waals surface area (Å²) in [5.74, 6) is 1.26. The lowest BCUT2D eigenvalue weighted by molar-refractivity contribution is -0.131. The van der Waals surface area contributed by atoms with Crippen LogP contribution in [0.3, 0.4) is 0 Å². The second-order valence-corrected chi connectivity index (χ2v) is 8.42. The maximum Gasteiger partial charge on any atom is 0.314 e. The van der Waals surface area contributed by atoms with Crippen molar-refractivity contribution in [2.75, 3.05) is 19.6 Å². The number of hydrogen-bond donors (Lipinski definition) is 2. The van der Waals surface area contributed by atoms with E-state index in [9.17, 15) is 9.59 Å². The first kappa shape index (κ1) is 19.0. The zero-order chi connectivity index (χ0) is 19.3. The Balaban J connectivity index is 1.12. The predicted octanol–water partition coefficient (Wildman–Crippen LogP) is 2.10. The summed E-state index contributed by atoms with van der Waals surface area (Å²) in [7, 11) is 0. The molecule has 0 radical (unpaired) electrons. The number of nitrogens with one attached hydrogen (secondary N) is 2. The highest BCUT2D eigenvalue weighted by Gasteiger charge is 2.21. The van der Waals surface area contributed by atoms with Crippen molar-refractivity contribution in [3.63, 3.8) is 0 Å². The normalized spacial score (nSPS) is 15.6. The molecule has 3 amide bonds. The highest BCUT2D eigenvalue weighted by Crippen LogP contribution is 2.24. The van der Waals surface area contributed by atoms with E-state index in [0.717, 1.165) is 43.9 Å². The van der Waals surface area contributed by atoms with Crippen molar-refractivity contribution < 1.29 is 9.59 Å². The van der Waals surface area contributed by atoms with Crippen LogP contribution in [0.15, 0.2) is 17.6 Å². The maximum absolute atomic E-state index is 12.4. The standard InChI is InChI=1S/C20H27N5O2S/c26-19(25-11-6-17-15(13-25)7-12-28-17)5-9-22-20(27)21-8-4-16-14-24-10-2-1-3-18(24)23-16/h7,12,14H,1-6,8-11,13H2,(H2,21,22,27). The molecule has 0 bridgehead atoms. The molecule has 4 rings (SSSR count). The number of imidazole rings is 1. The number of urea groups is 1.